The first kappa shape index (κ1) is 27.1. The van der Waals surface area contributed by atoms with E-state index >= 15 is 0 Å². The number of benzene rings is 3. The molecule has 0 aliphatic carbocycles. The van der Waals surface area contributed by atoms with E-state index in [1.807, 2.05) is 0 Å². The molecule has 0 aliphatic rings. The van der Waals surface area contributed by atoms with Crippen molar-refractivity contribution in [3.63, 3.8) is 0 Å². The van der Waals surface area contributed by atoms with Crippen molar-refractivity contribution in [1.29, 1.82) is 0 Å². The Morgan fingerprint density at radius 1 is 1.08 bits per heavy atom. The molecule has 0 atom stereocenters. The lowest BCUT2D eigenvalue weighted by Crippen LogP contribution is -2.20. The normalized spacial score (nSPS) is 11.3. The van der Waals surface area contributed by atoms with Gasteiger partial charge in [0, 0.05) is 11.8 Å². The van der Waals surface area contributed by atoms with Gasteiger partial charge in [-0.25, -0.2) is 10.4 Å². The van der Waals surface area contributed by atoms with Crippen molar-refractivity contribution in [2.75, 3.05) is 7.11 Å². The molecule has 1 heterocycles. The molecule has 0 fully saturated rings. The van der Waals surface area contributed by atoms with E-state index in [1.54, 1.807) is 55.8 Å². The number of hydrogen-bond acceptors (Lipinski definition) is 9. The minimum Gasteiger partial charge on any atom is -0.497 e. The Hall–Kier alpha value is -3.93. The van der Waals surface area contributed by atoms with E-state index in [0.29, 0.717) is 21.5 Å². The monoisotopic (exact) mass is 571 g/mol. The lowest BCUT2D eigenvalue weighted by Gasteiger charge is -2.10. The average Bonchev–Trinajstić information content (AvgIpc) is 3.33. The summed E-state index contributed by atoms with van der Waals surface area (Å²) in [7, 11) is -2.60. The van der Waals surface area contributed by atoms with Gasteiger partial charge in [-0.05, 0) is 54.1 Å². The van der Waals surface area contributed by atoms with Crippen LogP contribution >= 0.6 is 22.9 Å². The van der Waals surface area contributed by atoms with Gasteiger partial charge in [-0.2, -0.15) is 13.5 Å². The Kier molecular flexibility index (Phi) is 8.95. The molecule has 1 N–H and O–H groups in total. The third-order valence-electron chi connectivity index (χ3n) is 5.03. The lowest BCUT2D eigenvalue weighted by molar-refractivity contribution is -0.120. The van der Waals surface area contributed by atoms with Crippen molar-refractivity contribution in [3.8, 4) is 17.2 Å². The molecule has 0 spiro atoms. The molecule has 3 aromatic carbocycles. The zero-order valence-electron chi connectivity index (χ0n) is 20.0. The molecule has 0 unspecified atom stereocenters. The molecule has 0 saturated heterocycles. The number of para-hydroxylation sites is 1. The molecule has 0 aliphatic heterocycles. The van der Waals surface area contributed by atoms with Gasteiger partial charge in [0.1, 0.15) is 23.0 Å². The van der Waals surface area contributed by atoms with Crippen LogP contribution in [-0.2, 0) is 27.9 Å². The van der Waals surface area contributed by atoms with Crippen molar-refractivity contribution in [1.82, 2.24) is 10.4 Å². The summed E-state index contributed by atoms with van der Waals surface area (Å²) in [5.74, 6) is 0.835. The summed E-state index contributed by atoms with van der Waals surface area (Å²) in [6.45, 7) is 0.260. The van der Waals surface area contributed by atoms with Crippen molar-refractivity contribution >= 4 is 45.2 Å². The van der Waals surface area contributed by atoms with Gasteiger partial charge >= 0.3 is 10.1 Å². The van der Waals surface area contributed by atoms with Gasteiger partial charge in [-0.1, -0.05) is 35.9 Å². The van der Waals surface area contributed by atoms with E-state index in [2.05, 4.69) is 15.5 Å². The Bertz CT molecular complexity index is 1540. The molecule has 4 aromatic rings. The highest BCUT2D eigenvalue weighted by Crippen LogP contribution is 2.25. The molecular weight excluding hydrogens is 550 g/mol. The van der Waals surface area contributed by atoms with E-state index in [9.17, 15) is 13.2 Å². The van der Waals surface area contributed by atoms with Crippen LogP contribution in [0.15, 0.2) is 89.0 Å². The van der Waals surface area contributed by atoms with E-state index in [1.165, 1.54) is 47.9 Å². The van der Waals surface area contributed by atoms with Gasteiger partial charge in [0.2, 0.25) is 5.91 Å². The third kappa shape index (κ3) is 7.54. The van der Waals surface area contributed by atoms with Gasteiger partial charge in [0.25, 0.3) is 0 Å². The summed E-state index contributed by atoms with van der Waals surface area (Å²) in [6.07, 6.45) is 3.03. The van der Waals surface area contributed by atoms with Crippen molar-refractivity contribution in [2.45, 2.75) is 17.9 Å². The van der Waals surface area contributed by atoms with Crippen molar-refractivity contribution in [3.05, 3.63) is 99.5 Å². The van der Waals surface area contributed by atoms with Crippen LogP contribution in [0.4, 0.5) is 0 Å². The molecule has 0 saturated carbocycles. The Morgan fingerprint density at radius 3 is 2.61 bits per heavy atom. The van der Waals surface area contributed by atoms with Gasteiger partial charge in [0.05, 0.1) is 24.6 Å². The fourth-order valence-electron chi connectivity index (χ4n) is 3.22. The summed E-state index contributed by atoms with van der Waals surface area (Å²) < 4.78 is 42.3. The molecule has 4 rings (SSSR count). The van der Waals surface area contributed by atoms with Crippen LogP contribution in [-0.4, -0.2) is 32.6 Å². The van der Waals surface area contributed by atoms with E-state index < -0.39 is 10.1 Å². The summed E-state index contributed by atoms with van der Waals surface area (Å²) in [6, 6.07) is 19.4. The lowest BCUT2D eigenvalue weighted by atomic mass is 10.1. The maximum absolute atomic E-state index is 12.9. The summed E-state index contributed by atoms with van der Waals surface area (Å²) in [4.78, 5) is 17.0. The molecule has 12 heteroatoms. The van der Waals surface area contributed by atoms with Crippen LogP contribution in [0.25, 0.3) is 0 Å². The van der Waals surface area contributed by atoms with Gasteiger partial charge < -0.3 is 13.7 Å². The molecule has 0 bridgehead atoms. The zero-order chi connectivity index (χ0) is 27.0. The molecule has 0 radical (unpaired) electrons. The fourth-order valence-corrected chi connectivity index (χ4v) is 5.06. The van der Waals surface area contributed by atoms with Crippen LogP contribution in [0.1, 0.15) is 16.0 Å². The number of carbonyl (C=O) groups is 1. The van der Waals surface area contributed by atoms with Crippen LogP contribution in [0.5, 0.6) is 17.2 Å². The second-order valence-electron chi connectivity index (χ2n) is 7.74. The number of nitrogens with zero attached hydrogens (tertiary/aromatic N) is 2. The number of thiazole rings is 1. The van der Waals surface area contributed by atoms with E-state index in [0.717, 1.165) is 10.4 Å². The Balaban J connectivity index is 1.37. The highest BCUT2D eigenvalue weighted by atomic mass is 35.5. The van der Waals surface area contributed by atoms with Crippen LogP contribution in [0.3, 0.4) is 0 Å². The summed E-state index contributed by atoms with van der Waals surface area (Å²) in [5, 5.41) is 3.94. The molecule has 1 aromatic heterocycles. The van der Waals surface area contributed by atoms with Crippen LogP contribution < -0.4 is 19.1 Å². The molecule has 1 amide bonds. The Labute approximate surface area is 228 Å². The topological polar surface area (TPSA) is 116 Å². The molecule has 9 nitrogen and oxygen atoms in total. The predicted octanol–water partition coefficient (Wildman–Crippen LogP) is 4.84. The smallest absolute Gasteiger partial charge is 0.339 e. The largest absolute Gasteiger partial charge is 0.497 e. The van der Waals surface area contributed by atoms with Crippen molar-refractivity contribution < 1.29 is 26.9 Å². The number of methoxy groups -OCH3 is 1. The number of hydrazone groups is 1. The summed E-state index contributed by atoms with van der Waals surface area (Å²) in [5.41, 5.74) is 3.55. The minimum absolute atomic E-state index is 0.0518. The molecule has 196 valence electrons. The summed E-state index contributed by atoms with van der Waals surface area (Å²) >= 11 is 7.11. The third-order valence-corrected chi connectivity index (χ3v) is 7.37. The quantitative estimate of drug-likeness (QED) is 0.155. The van der Waals surface area contributed by atoms with Gasteiger partial charge in [-0.15, -0.1) is 11.3 Å². The first-order valence-electron chi connectivity index (χ1n) is 11.1. The van der Waals surface area contributed by atoms with Gasteiger partial charge in [-0.3, -0.25) is 4.79 Å². The maximum atomic E-state index is 12.9. The second-order valence-corrected chi connectivity index (χ2v) is 11.0. The highest BCUT2D eigenvalue weighted by Gasteiger charge is 2.18. The predicted molar refractivity (Wildman–Crippen MR) is 145 cm³/mol. The highest BCUT2D eigenvalue weighted by molar-refractivity contribution is 7.87. The maximum Gasteiger partial charge on any atom is 0.339 e. The number of nitrogens with one attached hydrogen (secondary N) is 1. The number of aromatic nitrogens is 1. The van der Waals surface area contributed by atoms with Crippen LogP contribution in [0.2, 0.25) is 4.47 Å². The van der Waals surface area contributed by atoms with Gasteiger partial charge in [0.15, 0.2) is 10.2 Å². The Morgan fingerprint density at radius 2 is 1.87 bits per heavy atom. The second kappa shape index (κ2) is 12.5. The molecular formula is C26H22ClN3O6S2. The van der Waals surface area contributed by atoms with E-state index in [-0.39, 0.29) is 29.6 Å². The number of ether oxygens (including phenoxy) is 2. The minimum atomic E-state index is -4.15. The number of amides is 1. The SMILES string of the molecule is COc1cccc(CC(=O)N/N=C/c2ccccc2OS(=O)(=O)c2ccc(OCc3cnc(Cl)s3)cc2)c1. The standard InChI is InChI=1S/C26H22ClN3O6S2/c1-34-21-7-4-5-18(13-21)14-25(31)30-29-15-19-6-2-3-8-24(19)36-38(32,33)23-11-9-20(10-12-23)35-17-22-16-28-26(27)37-22/h2-13,15-16H,14,17H2,1H3,(H,30,31)/b29-15+. The number of halogens is 1. The fraction of sp³-hybridized carbons (Fsp3) is 0.115. The first-order valence-corrected chi connectivity index (χ1v) is 13.7. The van der Waals surface area contributed by atoms with Crippen molar-refractivity contribution in [2.24, 2.45) is 5.10 Å². The van der Waals surface area contributed by atoms with E-state index in [4.69, 9.17) is 25.3 Å². The van der Waals surface area contributed by atoms with Crippen LogP contribution in [0, 0.1) is 0 Å². The zero-order valence-corrected chi connectivity index (χ0v) is 22.4. The average molecular weight is 572 g/mol. The number of carbonyl (C=O) groups excluding carboxylic acids is 1. The number of hydrogen-bond donors (Lipinski definition) is 1. The molecule has 38 heavy (non-hydrogen) atoms. The first-order chi connectivity index (χ1) is 18.3. The number of rotatable bonds is 11.